The second kappa shape index (κ2) is 8.06. The molecule has 0 saturated heterocycles. The summed E-state index contributed by atoms with van der Waals surface area (Å²) < 4.78 is 0. The van der Waals surface area contributed by atoms with Crippen molar-refractivity contribution in [3.63, 3.8) is 0 Å². The average molecular weight is 297 g/mol. The molecule has 0 atom stereocenters. The Balaban J connectivity index is 1.98. The van der Waals surface area contributed by atoms with Crippen molar-refractivity contribution in [2.75, 3.05) is 20.6 Å². The van der Waals surface area contributed by atoms with Crippen LogP contribution in [-0.4, -0.2) is 25.5 Å². The highest BCUT2D eigenvalue weighted by molar-refractivity contribution is 7.99. The molecular formula is C19H23NS. The summed E-state index contributed by atoms with van der Waals surface area (Å²) in [7, 11) is 4.22. The van der Waals surface area contributed by atoms with E-state index in [-0.39, 0.29) is 0 Å². The maximum absolute atomic E-state index is 2.32. The van der Waals surface area contributed by atoms with Gasteiger partial charge < -0.3 is 4.90 Å². The Hall–Kier alpha value is -1.51. The Kier molecular flexibility index (Phi) is 6.09. The second-order valence-electron chi connectivity index (χ2n) is 5.42. The van der Waals surface area contributed by atoms with E-state index < -0.39 is 0 Å². The first-order valence-corrected chi connectivity index (χ1v) is 8.11. The summed E-state index contributed by atoms with van der Waals surface area (Å²) in [6, 6.07) is 19.3. The molecule has 21 heavy (non-hydrogen) atoms. The number of hydrogen-bond donors (Lipinski definition) is 0. The van der Waals surface area contributed by atoms with Crippen LogP contribution in [0.25, 0.3) is 5.57 Å². The van der Waals surface area contributed by atoms with E-state index in [1.807, 2.05) is 0 Å². The Bertz CT molecular complexity index is 570. The second-order valence-corrected chi connectivity index (χ2v) is 6.57. The van der Waals surface area contributed by atoms with Gasteiger partial charge in [-0.1, -0.05) is 48.2 Å². The van der Waals surface area contributed by atoms with Crippen molar-refractivity contribution in [1.29, 1.82) is 0 Å². The number of allylic oxidation sites excluding steroid dienone is 1. The highest BCUT2D eigenvalue weighted by Gasteiger charge is 1.99. The molecule has 0 aliphatic carbocycles. The molecule has 0 aliphatic rings. The summed E-state index contributed by atoms with van der Waals surface area (Å²) in [5.41, 5.74) is 2.67. The van der Waals surface area contributed by atoms with Crippen molar-refractivity contribution in [2.45, 2.75) is 23.1 Å². The van der Waals surface area contributed by atoms with E-state index in [4.69, 9.17) is 0 Å². The minimum atomic E-state index is 1.10. The van der Waals surface area contributed by atoms with Gasteiger partial charge in [0.05, 0.1) is 0 Å². The van der Waals surface area contributed by atoms with Crippen LogP contribution in [0.4, 0.5) is 0 Å². The lowest BCUT2D eigenvalue weighted by molar-refractivity contribution is 0.417. The number of rotatable bonds is 6. The summed E-state index contributed by atoms with van der Waals surface area (Å²) in [6.07, 6.45) is 3.42. The Labute approximate surface area is 132 Å². The maximum atomic E-state index is 2.32. The van der Waals surface area contributed by atoms with E-state index in [0.29, 0.717) is 0 Å². The lowest BCUT2D eigenvalue weighted by Crippen LogP contribution is -2.11. The van der Waals surface area contributed by atoms with Crippen LogP contribution in [0.2, 0.25) is 0 Å². The molecule has 0 radical (unpaired) electrons. The summed E-state index contributed by atoms with van der Waals surface area (Å²) >= 11 is 1.80. The highest BCUT2D eigenvalue weighted by Crippen LogP contribution is 2.28. The molecule has 0 unspecified atom stereocenters. The Morgan fingerprint density at radius 1 is 0.952 bits per heavy atom. The van der Waals surface area contributed by atoms with E-state index in [1.54, 1.807) is 11.8 Å². The van der Waals surface area contributed by atoms with Crippen molar-refractivity contribution in [2.24, 2.45) is 0 Å². The Morgan fingerprint density at radius 3 is 2.19 bits per heavy atom. The third-order valence-electron chi connectivity index (χ3n) is 3.32. The van der Waals surface area contributed by atoms with Gasteiger partial charge in [-0.3, -0.25) is 0 Å². The molecule has 110 valence electrons. The monoisotopic (exact) mass is 297 g/mol. The van der Waals surface area contributed by atoms with Gasteiger partial charge >= 0.3 is 0 Å². The number of hydrogen-bond acceptors (Lipinski definition) is 2. The molecule has 1 nitrogen and oxygen atoms in total. The van der Waals surface area contributed by atoms with Crippen LogP contribution in [-0.2, 0) is 0 Å². The van der Waals surface area contributed by atoms with Crippen LogP contribution in [0, 0.1) is 0 Å². The fourth-order valence-electron chi connectivity index (χ4n) is 2.07. The van der Waals surface area contributed by atoms with Gasteiger partial charge in [-0.15, -0.1) is 0 Å². The molecule has 0 aliphatic heterocycles. The first kappa shape index (κ1) is 15.9. The molecule has 0 heterocycles. The van der Waals surface area contributed by atoms with E-state index in [0.717, 1.165) is 13.0 Å². The lowest BCUT2D eigenvalue weighted by Gasteiger charge is -2.08. The first-order chi connectivity index (χ1) is 10.1. The van der Waals surface area contributed by atoms with Crippen LogP contribution in [0.5, 0.6) is 0 Å². The van der Waals surface area contributed by atoms with Gasteiger partial charge in [0.2, 0.25) is 0 Å². The predicted molar refractivity (Wildman–Crippen MR) is 93.8 cm³/mol. The molecule has 0 saturated carbocycles. The average Bonchev–Trinajstić information content (AvgIpc) is 2.48. The molecule has 2 aromatic rings. The maximum Gasteiger partial charge on any atom is 0.0122 e. The van der Waals surface area contributed by atoms with Gasteiger partial charge in [0.25, 0.3) is 0 Å². The summed E-state index contributed by atoms with van der Waals surface area (Å²) in [6.45, 7) is 3.29. The molecule has 0 fully saturated rings. The molecular weight excluding hydrogens is 274 g/mol. The van der Waals surface area contributed by atoms with Crippen LogP contribution in [0.3, 0.4) is 0 Å². The molecule has 2 heteroatoms. The van der Waals surface area contributed by atoms with Crippen molar-refractivity contribution in [3.8, 4) is 0 Å². The third-order valence-corrected chi connectivity index (χ3v) is 4.33. The van der Waals surface area contributed by atoms with Gasteiger partial charge in [0, 0.05) is 16.3 Å². The van der Waals surface area contributed by atoms with Crippen molar-refractivity contribution in [3.05, 3.63) is 66.2 Å². The van der Waals surface area contributed by atoms with Crippen molar-refractivity contribution in [1.82, 2.24) is 4.90 Å². The quantitative estimate of drug-likeness (QED) is 0.721. The number of nitrogens with zero attached hydrogens (tertiary/aromatic N) is 1. The van der Waals surface area contributed by atoms with Crippen LogP contribution < -0.4 is 0 Å². The third kappa shape index (κ3) is 5.41. The summed E-state index contributed by atoms with van der Waals surface area (Å²) in [5.74, 6) is 0. The van der Waals surface area contributed by atoms with Gasteiger partial charge in [-0.2, -0.15) is 0 Å². The van der Waals surface area contributed by atoms with Gasteiger partial charge in [-0.25, -0.2) is 0 Å². The van der Waals surface area contributed by atoms with Crippen LogP contribution in [0.1, 0.15) is 18.9 Å². The van der Waals surface area contributed by atoms with Gasteiger partial charge in [-0.05, 0) is 62.8 Å². The molecule has 2 aromatic carbocycles. The van der Waals surface area contributed by atoms with E-state index in [9.17, 15) is 0 Å². The zero-order valence-electron chi connectivity index (χ0n) is 13.0. The molecule has 2 rings (SSSR count). The molecule has 0 amide bonds. The Morgan fingerprint density at radius 2 is 1.57 bits per heavy atom. The van der Waals surface area contributed by atoms with Crippen LogP contribution in [0.15, 0.2) is 70.5 Å². The standard InChI is InChI=1S/C19H23NS/c1-16(8-7-15-20(2)3)17-11-13-19(14-12-17)21-18-9-5-4-6-10-18/h4-6,8-14H,7,15H2,1-3H3. The number of benzene rings is 2. The minimum absolute atomic E-state index is 1.10. The van der Waals surface area contributed by atoms with Crippen LogP contribution >= 0.6 is 11.8 Å². The SMILES string of the molecule is CC(=CCCN(C)C)c1ccc(Sc2ccccc2)cc1. The molecule has 0 spiro atoms. The molecule has 0 N–H and O–H groups in total. The summed E-state index contributed by atoms with van der Waals surface area (Å²) in [4.78, 5) is 4.78. The highest BCUT2D eigenvalue weighted by atomic mass is 32.2. The molecule has 0 bridgehead atoms. The van der Waals surface area contributed by atoms with Crippen molar-refractivity contribution < 1.29 is 0 Å². The molecule has 0 aromatic heterocycles. The summed E-state index contributed by atoms with van der Waals surface area (Å²) in [5, 5.41) is 0. The normalized spacial score (nSPS) is 11.9. The largest absolute Gasteiger partial charge is 0.309 e. The lowest BCUT2D eigenvalue weighted by atomic mass is 10.1. The zero-order valence-corrected chi connectivity index (χ0v) is 13.9. The van der Waals surface area contributed by atoms with E-state index in [1.165, 1.54) is 20.9 Å². The zero-order chi connectivity index (χ0) is 15.1. The fourth-order valence-corrected chi connectivity index (χ4v) is 2.91. The minimum Gasteiger partial charge on any atom is -0.309 e. The topological polar surface area (TPSA) is 3.24 Å². The fraction of sp³-hybridized carbons (Fsp3) is 0.263. The predicted octanol–water partition coefficient (Wildman–Crippen LogP) is 5.19. The van der Waals surface area contributed by atoms with Gasteiger partial charge in [0.1, 0.15) is 0 Å². The van der Waals surface area contributed by atoms with Crippen molar-refractivity contribution >= 4 is 17.3 Å². The van der Waals surface area contributed by atoms with Gasteiger partial charge in [0.15, 0.2) is 0 Å². The van der Waals surface area contributed by atoms with E-state index >= 15 is 0 Å². The van der Waals surface area contributed by atoms with E-state index in [2.05, 4.69) is 86.6 Å². The smallest absolute Gasteiger partial charge is 0.0122 e. The first-order valence-electron chi connectivity index (χ1n) is 7.30.